The van der Waals surface area contributed by atoms with Gasteiger partial charge in [-0.25, -0.2) is 4.98 Å². The average Bonchev–Trinajstić information content (AvgIpc) is 3.11. The molecule has 0 spiro atoms. The molecule has 2 atom stereocenters. The van der Waals surface area contributed by atoms with Gasteiger partial charge < -0.3 is 9.84 Å². The van der Waals surface area contributed by atoms with Gasteiger partial charge in [0, 0.05) is 0 Å². The fraction of sp³-hybridized carbons (Fsp3) is 0.625. The molecule has 0 fully saturated rings. The van der Waals surface area contributed by atoms with Gasteiger partial charge in [-0.05, 0) is 37.2 Å². The average molecular weight is 431 g/mol. The number of nitrogens with zero attached hydrogens (tertiary/aromatic N) is 5. The molecule has 0 saturated heterocycles. The number of hydrogen-bond acceptors (Lipinski definition) is 8. The number of imidazole rings is 1. The largest absolute Gasteiger partial charge is 0.394 e. The van der Waals surface area contributed by atoms with Crippen LogP contribution in [0.3, 0.4) is 0 Å². The van der Waals surface area contributed by atoms with E-state index in [-0.39, 0.29) is 66.6 Å². The fourth-order valence-electron chi connectivity index (χ4n) is 2.25. The summed E-state index contributed by atoms with van der Waals surface area (Å²) in [5.41, 5.74) is 0.112. The number of fused-ring (bicyclic) bond motifs is 1. The van der Waals surface area contributed by atoms with E-state index in [9.17, 15) is 9.59 Å². The normalized spacial score (nSPS) is 14.8. The van der Waals surface area contributed by atoms with Crippen molar-refractivity contribution in [1.29, 1.82) is 2.56 Å². The van der Waals surface area contributed by atoms with Gasteiger partial charge in [0.2, 0.25) is 5.95 Å². The summed E-state index contributed by atoms with van der Waals surface area (Å²) in [6, 6.07) is -0.279. The van der Waals surface area contributed by atoms with E-state index in [1.165, 1.54) is 13.3 Å². The van der Waals surface area contributed by atoms with Crippen molar-refractivity contribution >= 4 is 40.8 Å². The van der Waals surface area contributed by atoms with E-state index in [1.807, 2.05) is 20.8 Å². The molecule has 0 aliphatic rings. The minimum atomic E-state index is -0.412. The second kappa shape index (κ2) is 11.9. The summed E-state index contributed by atoms with van der Waals surface area (Å²) in [4.78, 5) is 33.1. The molecule has 2 N–H and O–H groups in total. The number of nitrogens with one attached hydrogen (secondary N) is 1. The van der Waals surface area contributed by atoms with Crippen molar-refractivity contribution < 1.29 is 14.6 Å². The quantitative estimate of drug-likeness (QED) is 0.586. The zero-order valence-electron chi connectivity index (χ0n) is 18.2. The Hall–Kier alpha value is -1.86. The van der Waals surface area contributed by atoms with Crippen LogP contribution in [0.4, 0.5) is 5.95 Å². The highest BCUT2D eigenvalue weighted by Crippen LogP contribution is 2.11. The van der Waals surface area contributed by atoms with Gasteiger partial charge in [0.1, 0.15) is 15.3 Å². The van der Waals surface area contributed by atoms with Crippen molar-refractivity contribution in [3.63, 3.8) is 0 Å². The minimum Gasteiger partial charge on any atom is -0.394 e. The Morgan fingerprint density at radius 3 is 2.86 bits per heavy atom. The van der Waals surface area contributed by atoms with E-state index in [0.29, 0.717) is 12.1 Å². The van der Waals surface area contributed by atoms with E-state index in [2.05, 4.69) is 24.4 Å². The molecule has 0 radical (unpaired) electrons. The Kier molecular flexibility index (Phi) is 8.84. The van der Waals surface area contributed by atoms with Crippen molar-refractivity contribution in [2.45, 2.75) is 53.0 Å². The van der Waals surface area contributed by atoms with Gasteiger partial charge in [-0.15, -0.1) is 0 Å². The van der Waals surface area contributed by atoms with Gasteiger partial charge in [-0.2, -0.15) is 9.73 Å². The number of aliphatic hydroxyl groups excluding tert-OH is 1. The van der Waals surface area contributed by atoms with Gasteiger partial charge in [0.15, 0.2) is 16.9 Å². The van der Waals surface area contributed by atoms with Crippen LogP contribution in [0.15, 0.2) is 20.6 Å². The van der Waals surface area contributed by atoms with Crippen molar-refractivity contribution in [3.05, 3.63) is 16.7 Å². The van der Waals surface area contributed by atoms with Gasteiger partial charge in [-0.3, -0.25) is 23.9 Å². The SMILES string of the molecule is [2H]P=N[C@H](C(C)=O)C(C)C.[3H]P=Nc1nc2c(ncn2COC(CC)CO)c(=O)[nH]1. The Morgan fingerprint density at radius 2 is 2.36 bits per heavy atom. The summed E-state index contributed by atoms with van der Waals surface area (Å²) in [5, 5.41) is 9.07. The second-order valence-electron chi connectivity index (χ2n) is 6.30. The molecule has 0 bridgehead atoms. The number of aliphatic hydroxyl groups is 1. The summed E-state index contributed by atoms with van der Waals surface area (Å²) in [6.45, 7) is 7.33. The monoisotopic (exact) mass is 431 g/mol. The first-order valence-electron chi connectivity index (χ1n) is 9.55. The van der Waals surface area contributed by atoms with E-state index in [4.69, 9.17) is 12.4 Å². The van der Waals surface area contributed by atoms with Crippen molar-refractivity contribution in [2.75, 3.05) is 6.61 Å². The number of Topliss-reactive ketones (excluding diaryl/α,β-unsaturated/α-hetero) is 1. The Morgan fingerprint density at radius 1 is 1.61 bits per heavy atom. The topological polar surface area (TPSA) is 135 Å². The molecule has 0 amide bonds. The summed E-state index contributed by atoms with van der Waals surface area (Å²) in [7, 11) is 0.203. The van der Waals surface area contributed by atoms with Crippen LogP contribution in [0.1, 0.15) is 34.1 Å². The molecule has 28 heavy (non-hydrogen) atoms. The number of aromatic amines is 1. The third kappa shape index (κ3) is 6.63. The molecule has 2 aromatic rings. The lowest BCUT2D eigenvalue weighted by Crippen LogP contribution is -2.20. The van der Waals surface area contributed by atoms with Gasteiger partial charge >= 0.3 is 0 Å². The van der Waals surface area contributed by atoms with Crippen LogP contribution < -0.4 is 5.56 Å². The first-order valence-corrected chi connectivity index (χ1v) is 9.46. The maximum atomic E-state index is 11.8. The Balaban J connectivity index is 0.000000382. The lowest BCUT2D eigenvalue weighted by atomic mass is 10.0. The van der Waals surface area contributed by atoms with E-state index in [0.717, 1.165) is 0 Å². The van der Waals surface area contributed by atoms with E-state index in [1.54, 1.807) is 4.57 Å². The number of rotatable bonds is 9. The number of ether oxygens (including phenoxy) is 1. The zero-order valence-corrected chi connectivity index (χ0v) is 18.0. The predicted molar refractivity (Wildman–Crippen MR) is 111 cm³/mol. The number of H-pyrrole nitrogens is 1. The van der Waals surface area contributed by atoms with Crippen molar-refractivity contribution in [2.24, 2.45) is 15.4 Å². The molecule has 0 saturated carbocycles. The summed E-state index contributed by atoms with van der Waals surface area (Å²) < 4.78 is 28.3. The third-order valence-electron chi connectivity index (χ3n) is 3.84. The minimum absolute atomic E-state index is 0.00429. The number of carbonyl (C=O) groups excluding carboxylic acids is 1. The maximum absolute atomic E-state index is 11.8. The van der Waals surface area contributed by atoms with Gasteiger partial charge in [-0.1, -0.05) is 20.8 Å². The van der Waals surface area contributed by atoms with Crippen molar-refractivity contribution in [3.8, 4) is 0 Å². The van der Waals surface area contributed by atoms with E-state index < -0.39 is 5.56 Å². The molecule has 0 aliphatic heterocycles. The molecule has 10 nitrogen and oxygen atoms in total. The predicted octanol–water partition coefficient (Wildman–Crippen LogP) is 2.75. The summed E-state index contributed by atoms with van der Waals surface area (Å²) in [6.07, 6.45) is 1.85. The molecule has 0 aromatic carbocycles. The first-order chi connectivity index (χ1) is 14.3. The van der Waals surface area contributed by atoms with Gasteiger partial charge in [0.05, 0.1) is 19.0 Å². The number of ketones is 1. The highest BCUT2D eigenvalue weighted by Gasteiger charge is 2.15. The highest BCUT2D eigenvalue weighted by atomic mass is 31.0. The molecular weight excluding hydrogens is 402 g/mol. The summed E-state index contributed by atoms with van der Waals surface area (Å²) >= 11 is 0. The maximum Gasteiger partial charge on any atom is 0.280 e. The molecule has 154 valence electrons. The van der Waals surface area contributed by atoms with Crippen LogP contribution in [0, 0.1) is 5.92 Å². The molecular formula is C16H26N6O4P2. The van der Waals surface area contributed by atoms with Crippen LogP contribution in [-0.4, -0.2) is 51.7 Å². The third-order valence-corrected chi connectivity index (χ3v) is 4.28. The van der Waals surface area contributed by atoms with Crippen LogP contribution in [0.2, 0.25) is 0 Å². The van der Waals surface area contributed by atoms with Crippen LogP contribution in [0.5, 0.6) is 0 Å². The Labute approximate surface area is 169 Å². The standard InChI is InChI=1S/C10H14N5O3P.C6H12NOP/c1-2-6(3-16)18-5-15-4-11-7-8(15)12-10(14-19)13-9(7)17;1-4(2)6(7-9)5(3)8/h4,6,16,19H,2-3,5H2,1H3,(H,12,13,17);4,6,9H,1-3H3/t;6-/m.0/s1/i19T;9D. The van der Waals surface area contributed by atoms with Crippen LogP contribution >= 0.6 is 18.0 Å². The molecule has 0 aliphatic carbocycles. The van der Waals surface area contributed by atoms with Crippen LogP contribution in [-0.2, 0) is 16.3 Å². The molecule has 12 heteroatoms. The molecule has 2 heterocycles. The van der Waals surface area contributed by atoms with Gasteiger partial charge in [0.25, 0.3) is 5.56 Å². The smallest absolute Gasteiger partial charge is 0.280 e. The fourth-order valence-corrected chi connectivity index (χ4v) is 2.78. The Bertz CT molecular complexity index is 930. The highest BCUT2D eigenvalue weighted by molar-refractivity contribution is 7.04. The summed E-state index contributed by atoms with van der Waals surface area (Å²) in [5.74, 6) is 0.347. The van der Waals surface area contributed by atoms with E-state index >= 15 is 0 Å². The number of aromatic nitrogens is 4. The molecule has 2 aromatic heterocycles. The van der Waals surface area contributed by atoms with Crippen LogP contribution in [0.25, 0.3) is 11.2 Å². The molecule has 1 unspecified atom stereocenters. The number of hydrogen-bond donors (Lipinski definition) is 2. The first kappa shape index (κ1) is 20.9. The lowest BCUT2D eigenvalue weighted by Gasteiger charge is -2.13. The van der Waals surface area contributed by atoms with Crippen molar-refractivity contribution in [1.82, 2.24) is 19.5 Å². The molecule has 2 rings (SSSR count). The number of carbonyl (C=O) groups is 1. The zero-order chi connectivity index (χ0) is 22.7. The second-order valence-corrected chi connectivity index (χ2v) is 6.73. The lowest BCUT2D eigenvalue weighted by molar-refractivity contribution is -0.118.